The maximum absolute atomic E-state index is 2.40. The van der Waals surface area contributed by atoms with Crippen molar-refractivity contribution in [2.75, 3.05) is 0 Å². The van der Waals surface area contributed by atoms with E-state index in [1.54, 1.807) is 0 Å². The SMILES string of the molecule is C[Si](C)(C)c1ccc([P-]c2ccc([Si](C)(C)C)cc2)cc1. The van der Waals surface area contributed by atoms with Gasteiger partial charge in [-0.25, -0.2) is 10.6 Å². The van der Waals surface area contributed by atoms with Crippen LogP contribution in [0.1, 0.15) is 0 Å². The summed E-state index contributed by atoms with van der Waals surface area (Å²) in [5.41, 5.74) is 0. The third-order valence-corrected chi connectivity index (χ3v) is 8.97. The van der Waals surface area contributed by atoms with Crippen molar-refractivity contribution in [1.29, 1.82) is 0 Å². The molecule has 3 heteroatoms. The van der Waals surface area contributed by atoms with E-state index in [9.17, 15) is 0 Å². The van der Waals surface area contributed by atoms with E-state index in [0.29, 0.717) is 0 Å². The first-order chi connectivity index (χ1) is 9.66. The van der Waals surface area contributed by atoms with Gasteiger partial charge in [0.1, 0.15) is 0 Å². The third kappa shape index (κ3) is 4.64. The number of benzene rings is 2. The van der Waals surface area contributed by atoms with Crippen LogP contribution in [0.4, 0.5) is 0 Å². The molecule has 0 heterocycles. The molecule has 21 heavy (non-hydrogen) atoms. The van der Waals surface area contributed by atoms with E-state index in [-0.39, 0.29) is 0 Å². The minimum absolute atomic E-state index is 1.18. The quantitative estimate of drug-likeness (QED) is 0.593. The zero-order valence-electron chi connectivity index (χ0n) is 14.1. The first-order valence-corrected chi connectivity index (χ1v) is 15.5. The highest BCUT2D eigenvalue weighted by Crippen LogP contribution is 2.11. The molecule has 0 aliphatic carbocycles. The lowest BCUT2D eigenvalue weighted by molar-refractivity contribution is 1.70. The van der Waals surface area contributed by atoms with Gasteiger partial charge in [0, 0.05) is 0 Å². The predicted octanol–water partition coefficient (Wildman–Crippen LogP) is 3.67. The van der Waals surface area contributed by atoms with Gasteiger partial charge in [-0.1, -0.05) is 98.2 Å². The van der Waals surface area contributed by atoms with Crippen molar-refractivity contribution in [1.82, 2.24) is 0 Å². The van der Waals surface area contributed by atoms with Gasteiger partial charge < -0.3 is 8.58 Å². The molecule has 2 rings (SSSR count). The van der Waals surface area contributed by atoms with Crippen LogP contribution in [0.2, 0.25) is 39.3 Å². The number of rotatable bonds is 4. The van der Waals surface area contributed by atoms with E-state index in [1.807, 2.05) is 0 Å². The first-order valence-electron chi connectivity index (χ1n) is 7.59. The Morgan fingerprint density at radius 3 is 1.05 bits per heavy atom. The molecule has 0 bridgehead atoms. The van der Waals surface area contributed by atoms with Gasteiger partial charge >= 0.3 is 0 Å². The molecule has 0 aliphatic rings. The Hall–Kier alpha value is -0.696. The summed E-state index contributed by atoms with van der Waals surface area (Å²) in [6.07, 6.45) is 0. The van der Waals surface area contributed by atoms with Crippen molar-refractivity contribution < 1.29 is 0 Å². The fourth-order valence-corrected chi connectivity index (χ4v) is 5.45. The Labute approximate surface area is 133 Å². The van der Waals surface area contributed by atoms with Crippen LogP contribution in [0.25, 0.3) is 0 Å². The van der Waals surface area contributed by atoms with Gasteiger partial charge in [-0.05, 0) is 0 Å². The van der Waals surface area contributed by atoms with Crippen molar-refractivity contribution in [2.24, 2.45) is 0 Å². The largest absolute Gasteiger partial charge is 0.472 e. The molecule has 0 nitrogen and oxygen atoms in total. The molecule has 112 valence electrons. The lowest BCUT2D eigenvalue weighted by atomic mass is 10.4. The average Bonchev–Trinajstić information content (AvgIpc) is 2.38. The van der Waals surface area contributed by atoms with Crippen LogP contribution in [0.5, 0.6) is 0 Å². The summed E-state index contributed by atoms with van der Waals surface area (Å²) in [5.74, 6) is 0. The maximum atomic E-state index is 2.40. The molecular formula is C18H26PSi2-. The summed E-state index contributed by atoms with van der Waals surface area (Å²) < 4.78 is 0. The van der Waals surface area contributed by atoms with Crippen LogP contribution in [-0.2, 0) is 0 Å². The molecule has 2 aromatic carbocycles. The van der Waals surface area contributed by atoms with Crippen LogP contribution < -0.4 is 21.0 Å². The van der Waals surface area contributed by atoms with Crippen molar-refractivity contribution >= 4 is 45.7 Å². The van der Waals surface area contributed by atoms with Gasteiger partial charge in [-0.2, -0.15) is 0 Å². The molecular weight excluding hydrogens is 303 g/mol. The van der Waals surface area contributed by atoms with E-state index < -0.39 is 16.1 Å². The van der Waals surface area contributed by atoms with Crippen molar-refractivity contribution in [3.05, 3.63) is 48.5 Å². The topological polar surface area (TPSA) is 0 Å². The summed E-state index contributed by atoms with van der Waals surface area (Å²) in [4.78, 5) is 0. The Morgan fingerprint density at radius 1 is 0.524 bits per heavy atom. The monoisotopic (exact) mass is 329 g/mol. The molecule has 0 saturated heterocycles. The number of hydrogen-bond acceptors (Lipinski definition) is 0. The van der Waals surface area contributed by atoms with E-state index in [1.165, 1.54) is 29.6 Å². The highest BCUT2D eigenvalue weighted by Gasteiger charge is 2.15. The van der Waals surface area contributed by atoms with Gasteiger partial charge in [-0.3, -0.25) is 0 Å². The molecule has 0 atom stereocenters. The smallest absolute Gasteiger partial charge is 0.0775 e. The molecule has 0 radical (unpaired) electrons. The second-order valence-electron chi connectivity index (χ2n) is 7.71. The molecule has 0 spiro atoms. The van der Waals surface area contributed by atoms with Crippen LogP contribution in [0, 0.1) is 0 Å². The minimum atomic E-state index is -1.18. The van der Waals surface area contributed by atoms with Gasteiger partial charge in [0.15, 0.2) is 0 Å². The lowest BCUT2D eigenvalue weighted by Gasteiger charge is -2.24. The van der Waals surface area contributed by atoms with Crippen LogP contribution in [0.15, 0.2) is 48.5 Å². The van der Waals surface area contributed by atoms with Crippen molar-refractivity contribution in [3.63, 3.8) is 0 Å². The summed E-state index contributed by atoms with van der Waals surface area (Å²) >= 11 is 0. The number of hydrogen-bond donors (Lipinski definition) is 0. The van der Waals surface area contributed by atoms with E-state index in [4.69, 9.17) is 0 Å². The zero-order chi connectivity index (χ0) is 15.7. The highest BCUT2D eigenvalue weighted by molar-refractivity contribution is 7.55. The summed E-state index contributed by atoms with van der Waals surface area (Å²) in [5, 5.41) is 5.85. The predicted molar refractivity (Wildman–Crippen MR) is 105 cm³/mol. The standard InChI is InChI=1S/C18H26PSi2/c1-20(2,3)17-11-7-15(8-12-17)19-16-9-13-18(14-10-16)21(4,5)6/h7-14H,1-6H3/q-1. The Kier molecular flexibility index (Phi) is 4.92. The Bertz CT molecular complexity index is 532. The highest BCUT2D eigenvalue weighted by atomic mass is 31.1. The first kappa shape index (κ1) is 16.7. The van der Waals surface area contributed by atoms with E-state index in [0.717, 1.165) is 0 Å². The normalized spacial score (nSPS) is 12.5. The molecule has 0 fully saturated rings. The summed E-state index contributed by atoms with van der Waals surface area (Å²) in [6.45, 7) is 14.4. The molecule has 0 aliphatic heterocycles. The minimum Gasteiger partial charge on any atom is -0.472 e. The lowest BCUT2D eigenvalue weighted by Crippen LogP contribution is -2.38. The fraction of sp³-hybridized carbons (Fsp3) is 0.333. The summed E-state index contributed by atoms with van der Waals surface area (Å²) in [7, 11) is -1.04. The van der Waals surface area contributed by atoms with Crippen LogP contribution in [0.3, 0.4) is 0 Å². The van der Waals surface area contributed by atoms with Gasteiger partial charge in [0.2, 0.25) is 0 Å². The molecule has 0 aromatic heterocycles. The van der Waals surface area contributed by atoms with Crippen LogP contribution >= 0.6 is 8.58 Å². The van der Waals surface area contributed by atoms with E-state index in [2.05, 4.69) is 87.8 Å². The fourth-order valence-electron chi connectivity index (χ4n) is 2.22. The van der Waals surface area contributed by atoms with Crippen LogP contribution in [-0.4, -0.2) is 16.1 Å². The molecule has 0 saturated carbocycles. The Morgan fingerprint density at radius 2 is 0.810 bits per heavy atom. The van der Waals surface area contributed by atoms with Gasteiger partial charge in [0.25, 0.3) is 0 Å². The molecule has 2 aromatic rings. The summed E-state index contributed by atoms with van der Waals surface area (Å²) in [6, 6.07) is 18.5. The van der Waals surface area contributed by atoms with Gasteiger partial charge in [-0.15, -0.1) is 0 Å². The second-order valence-corrected chi connectivity index (χ2v) is 19.1. The van der Waals surface area contributed by atoms with Crippen molar-refractivity contribution in [3.8, 4) is 0 Å². The Balaban J connectivity index is 2.12. The van der Waals surface area contributed by atoms with Gasteiger partial charge in [0.05, 0.1) is 16.1 Å². The molecule has 0 amide bonds. The third-order valence-electron chi connectivity index (χ3n) is 3.72. The second kappa shape index (κ2) is 6.20. The maximum Gasteiger partial charge on any atom is 0.0775 e. The van der Waals surface area contributed by atoms with Crippen molar-refractivity contribution in [2.45, 2.75) is 39.3 Å². The molecule has 0 unspecified atom stereocenters. The van der Waals surface area contributed by atoms with E-state index >= 15 is 0 Å². The average molecular weight is 330 g/mol. The molecule has 0 N–H and O–H groups in total. The zero-order valence-corrected chi connectivity index (χ0v) is 17.0.